The van der Waals surface area contributed by atoms with Crippen LogP contribution in [0.2, 0.25) is 0 Å². The predicted molar refractivity (Wildman–Crippen MR) is 56.9 cm³/mol. The van der Waals surface area contributed by atoms with Crippen LogP contribution in [0, 0.1) is 5.92 Å². The second-order valence-corrected chi connectivity index (χ2v) is 4.15. The number of rotatable bonds is 8. The number of aldehydes is 1. The van der Waals surface area contributed by atoms with Crippen LogP contribution >= 0.6 is 0 Å². The van der Waals surface area contributed by atoms with Crippen molar-refractivity contribution in [2.45, 2.75) is 39.5 Å². The van der Waals surface area contributed by atoms with Gasteiger partial charge in [-0.05, 0) is 45.3 Å². The van der Waals surface area contributed by atoms with E-state index in [-0.39, 0.29) is 0 Å². The number of carbonyl (C=O) groups excluding carboxylic acids is 1. The van der Waals surface area contributed by atoms with Gasteiger partial charge in [-0.1, -0.05) is 13.8 Å². The average Bonchev–Trinajstić information content (AvgIpc) is 2.09. The van der Waals surface area contributed by atoms with Gasteiger partial charge in [-0.15, -0.1) is 0 Å². The Morgan fingerprint density at radius 2 is 1.92 bits per heavy atom. The average molecular weight is 185 g/mol. The Labute approximate surface area is 82.3 Å². The van der Waals surface area contributed by atoms with Crippen LogP contribution in [0.25, 0.3) is 0 Å². The van der Waals surface area contributed by atoms with E-state index in [1.165, 1.54) is 13.0 Å². The molecule has 0 rings (SSSR count). The van der Waals surface area contributed by atoms with Crippen LogP contribution in [0.5, 0.6) is 0 Å². The number of carbonyl (C=O) groups is 1. The molecule has 2 nitrogen and oxygen atoms in total. The van der Waals surface area contributed by atoms with Gasteiger partial charge in [0.25, 0.3) is 0 Å². The molecule has 0 aliphatic carbocycles. The van der Waals surface area contributed by atoms with Gasteiger partial charge in [-0.3, -0.25) is 0 Å². The summed E-state index contributed by atoms with van der Waals surface area (Å²) < 4.78 is 0. The Hall–Kier alpha value is -0.370. The lowest BCUT2D eigenvalue weighted by molar-refractivity contribution is -0.107. The van der Waals surface area contributed by atoms with Gasteiger partial charge in [0.1, 0.15) is 6.29 Å². The monoisotopic (exact) mass is 185 g/mol. The van der Waals surface area contributed by atoms with Crippen molar-refractivity contribution in [3.8, 4) is 0 Å². The number of hydrogen-bond acceptors (Lipinski definition) is 2. The fraction of sp³-hybridized carbons (Fsp3) is 0.909. The first kappa shape index (κ1) is 12.6. The van der Waals surface area contributed by atoms with Gasteiger partial charge in [0.2, 0.25) is 0 Å². The smallest absolute Gasteiger partial charge is 0.119 e. The highest BCUT2D eigenvalue weighted by Crippen LogP contribution is 2.02. The maximum atomic E-state index is 10.1. The number of hydrogen-bond donors (Lipinski definition) is 0. The molecular weight excluding hydrogens is 162 g/mol. The van der Waals surface area contributed by atoms with Gasteiger partial charge in [-0.2, -0.15) is 0 Å². The Kier molecular flexibility index (Phi) is 8.00. The maximum Gasteiger partial charge on any atom is 0.119 e. The van der Waals surface area contributed by atoms with Gasteiger partial charge in [-0.25, -0.2) is 0 Å². The van der Waals surface area contributed by atoms with Gasteiger partial charge >= 0.3 is 0 Å². The first-order chi connectivity index (χ1) is 6.16. The van der Waals surface area contributed by atoms with E-state index < -0.39 is 0 Å². The summed E-state index contributed by atoms with van der Waals surface area (Å²) in [5, 5.41) is 0. The van der Waals surface area contributed by atoms with Crippen molar-refractivity contribution in [3.63, 3.8) is 0 Å². The molecule has 0 radical (unpaired) electrons. The van der Waals surface area contributed by atoms with Crippen molar-refractivity contribution in [1.82, 2.24) is 4.90 Å². The molecule has 0 amide bonds. The van der Waals surface area contributed by atoms with Crippen molar-refractivity contribution in [3.05, 3.63) is 0 Å². The van der Waals surface area contributed by atoms with E-state index >= 15 is 0 Å². The summed E-state index contributed by atoms with van der Waals surface area (Å²) in [5.41, 5.74) is 0. The summed E-state index contributed by atoms with van der Waals surface area (Å²) in [7, 11) is 2.16. The lowest BCUT2D eigenvalue weighted by Gasteiger charge is -2.17. The summed E-state index contributed by atoms with van der Waals surface area (Å²) >= 11 is 0. The van der Waals surface area contributed by atoms with E-state index in [0.717, 1.165) is 38.0 Å². The molecule has 0 aromatic rings. The molecule has 78 valence electrons. The van der Waals surface area contributed by atoms with E-state index in [4.69, 9.17) is 0 Å². The van der Waals surface area contributed by atoms with E-state index in [2.05, 4.69) is 25.8 Å². The minimum atomic E-state index is 0.720. The number of unbranched alkanes of at least 4 members (excludes halogenated alkanes) is 2. The molecule has 0 aliphatic rings. The fourth-order valence-electron chi connectivity index (χ4n) is 1.20. The van der Waals surface area contributed by atoms with Crippen molar-refractivity contribution < 1.29 is 4.79 Å². The molecule has 0 aromatic carbocycles. The topological polar surface area (TPSA) is 20.3 Å². The maximum absolute atomic E-state index is 10.1. The van der Waals surface area contributed by atoms with E-state index in [0.29, 0.717) is 0 Å². The van der Waals surface area contributed by atoms with Crippen molar-refractivity contribution in [2.24, 2.45) is 5.92 Å². The molecule has 0 aromatic heterocycles. The Morgan fingerprint density at radius 1 is 1.23 bits per heavy atom. The Bertz CT molecular complexity index is 123. The summed E-state index contributed by atoms with van der Waals surface area (Å²) in [4.78, 5) is 12.4. The van der Waals surface area contributed by atoms with Crippen molar-refractivity contribution in [2.75, 3.05) is 20.1 Å². The lowest BCUT2D eigenvalue weighted by Crippen LogP contribution is -2.22. The molecule has 0 saturated heterocycles. The van der Waals surface area contributed by atoms with Gasteiger partial charge < -0.3 is 9.69 Å². The molecule has 0 atom stereocenters. The third-order valence-electron chi connectivity index (χ3n) is 2.20. The molecule has 0 fully saturated rings. The van der Waals surface area contributed by atoms with Crippen molar-refractivity contribution >= 4 is 6.29 Å². The van der Waals surface area contributed by atoms with Crippen LogP contribution in [0.4, 0.5) is 0 Å². The van der Waals surface area contributed by atoms with Crippen LogP contribution in [-0.4, -0.2) is 31.3 Å². The molecule has 13 heavy (non-hydrogen) atoms. The van der Waals surface area contributed by atoms with Gasteiger partial charge in [0, 0.05) is 6.42 Å². The molecule has 0 spiro atoms. The summed E-state index contributed by atoms with van der Waals surface area (Å²) in [6.07, 6.45) is 5.18. The standard InChI is InChI=1S/C11H23NO/c1-11(2)7-9-12(3)8-5-4-6-10-13/h10-11H,4-9H2,1-3H3. The molecule has 0 N–H and O–H groups in total. The fourth-order valence-corrected chi connectivity index (χ4v) is 1.20. The molecule has 0 aliphatic heterocycles. The number of nitrogens with zero attached hydrogens (tertiary/aromatic N) is 1. The van der Waals surface area contributed by atoms with Crippen molar-refractivity contribution in [1.29, 1.82) is 0 Å². The van der Waals surface area contributed by atoms with E-state index in [9.17, 15) is 4.79 Å². The van der Waals surface area contributed by atoms with Gasteiger partial charge in [0.15, 0.2) is 0 Å². The quantitative estimate of drug-likeness (QED) is 0.427. The van der Waals surface area contributed by atoms with E-state index in [1.807, 2.05) is 0 Å². The van der Waals surface area contributed by atoms with Crippen LogP contribution in [0.3, 0.4) is 0 Å². The van der Waals surface area contributed by atoms with E-state index in [1.54, 1.807) is 0 Å². The predicted octanol–water partition coefficient (Wildman–Crippen LogP) is 2.33. The molecule has 2 heteroatoms. The molecule has 0 heterocycles. The zero-order valence-electron chi connectivity index (χ0n) is 9.25. The van der Waals surface area contributed by atoms with Crippen LogP contribution in [-0.2, 0) is 4.79 Å². The zero-order valence-corrected chi connectivity index (χ0v) is 9.25. The minimum Gasteiger partial charge on any atom is -0.306 e. The second-order valence-electron chi connectivity index (χ2n) is 4.15. The Balaban J connectivity index is 3.19. The Morgan fingerprint density at radius 3 is 2.46 bits per heavy atom. The highest BCUT2D eigenvalue weighted by atomic mass is 16.1. The summed E-state index contributed by atoms with van der Waals surface area (Å²) in [6, 6.07) is 0. The normalized spacial score (nSPS) is 11.2. The second kappa shape index (κ2) is 8.24. The third kappa shape index (κ3) is 9.54. The highest BCUT2D eigenvalue weighted by Gasteiger charge is 1.99. The van der Waals surface area contributed by atoms with Crippen LogP contribution in [0.15, 0.2) is 0 Å². The highest BCUT2D eigenvalue weighted by molar-refractivity contribution is 5.48. The first-order valence-corrected chi connectivity index (χ1v) is 5.29. The largest absolute Gasteiger partial charge is 0.306 e. The third-order valence-corrected chi connectivity index (χ3v) is 2.20. The minimum absolute atomic E-state index is 0.720. The molecule has 0 saturated carbocycles. The van der Waals surface area contributed by atoms with Gasteiger partial charge in [0.05, 0.1) is 0 Å². The first-order valence-electron chi connectivity index (χ1n) is 5.29. The van der Waals surface area contributed by atoms with Crippen LogP contribution < -0.4 is 0 Å². The van der Waals surface area contributed by atoms with Crippen LogP contribution in [0.1, 0.15) is 39.5 Å². The molecular formula is C11H23NO. The zero-order chi connectivity index (χ0) is 10.1. The SMILES string of the molecule is CC(C)CCN(C)CCCCC=O. The molecule has 0 bridgehead atoms. The summed E-state index contributed by atoms with van der Waals surface area (Å²) in [6.45, 7) is 6.81. The molecule has 0 unspecified atom stereocenters. The summed E-state index contributed by atoms with van der Waals surface area (Å²) in [5.74, 6) is 0.789. The lowest BCUT2D eigenvalue weighted by atomic mass is 10.1.